The van der Waals surface area contributed by atoms with E-state index in [-0.39, 0.29) is 19.0 Å². The number of hydrogen-bond acceptors (Lipinski definition) is 5. The van der Waals surface area contributed by atoms with Crippen LogP contribution in [0.5, 0.6) is 0 Å². The quantitative estimate of drug-likeness (QED) is 0.611. The number of carbonyl (C=O) groups is 2. The first-order valence-corrected chi connectivity index (χ1v) is 4.90. The van der Waals surface area contributed by atoms with Gasteiger partial charge in [0.2, 0.25) is 5.91 Å². The molecular formula is C10H20N2O4. The lowest BCUT2D eigenvalue weighted by Gasteiger charge is -2.26. The molecular weight excluding hydrogens is 212 g/mol. The van der Waals surface area contributed by atoms with Crippen LogP contribution in [-0.2, 0) is 14.3 Å². The minimum Gasteiger partial charge on any atom is -0.467 e. The maximum atomic E-state index is 11.4. The normalized spacial score (nSPS) is 14.4. The standard InChI is InChI=1S/C10H20N2O4/c1-10(15,9(14)16-5)7-12(4)6-8(13)11(2)3/h15H,6-7H2,1-5H3. The average Bonchev–Trinajstić information content (AvgIpc) is 2.14. The number of aliphatic hydroxyl groups is 1. The topological polar surface area (TPSA) is 70.1 Å². The SMILES string of the molecule is COC(=O)C(C)(O)CN(C)CC(=O)N(C)C. The van der Waals surface area contributed by atoms with Gasteiger partial charge in [-0.2, -0.15) is 0 Å². The van der Waals surface area contributed by atoms with Crippen molar-refractivity contribution < 1.29 is 19.4 Å². The van der Waals surface area contributed by atoms with Crippen molar-refractivity contribution in [2.45, 2.75) is 12.5 Å². The van der Waals surface area contributed by atoms with Gasteiger partial charge in [-0.25, -0.2) is 4.79 Å². The number of hydrogen-bond donors (Lipinski definition) is 1. The fourth-order valence-electron chi connectivity index (χ4n) is 1.24. The van der Waals surface area contributed by atoms with Crippen molar-refractivity contribution in [1.82, 2.24) is 9.80 Å². The number of methoxy groups -OCH3 is 1. The minimum atomic E-state index is -1.60. The van der Waals surface area contributed by atoms with Crippen molar-refractivity contribution >= 4 is 11.9 Å². The number of esters is 1. The molecule has 0 aliphatic carbocycles. The molecule has 0 aromatic rings. The summed E-state index contributed by atoms with van der Waals surface area (Å²) in [6.07, 6.45) is 0. The molecule has 0 bridgehead atoms. The van der Waals surface area contributed by atoms with Gasteiger partial charge in [0.15, 0.2) is 5.60 Å². The fourth-order valence-corrected chi connectivity index (χ4v) is 1.24. The predicted octanol–water partition coefficient (Wildman–Crippen LogP) is -1.07. The van der Waals surface area contributed by atoms with Crippen molar-refractivity contribution in [3.05, 3.63) is 0 Å². The second-order valence-electron chi connectivity index (χ2n) is 4.23. The van der Waals surface area contributed by atoms with Crippen molar-refractivity contribution in [3.8, 4) is 0 Å². The first-order chi connectivity index (χ1) is 7.20. The van der Waals surface area contributed by atoms with E-state index in [1.165, 1.54) is 18.9 Å². The van der Waals surface area contributed by atoms with Gasteiger partial charge in [0, 0.05) is 20.6 Å². The van der Waals surface area contributed by atoms with Crippen LogP contribution < -0.4 is 0 Å². The van der Waals surface area contributed by atoms with Gasteiger partial charge in [-0.05, 0) is 14.0 Å². The third kappa shape index (κ3) is 4.59. The lowest BCUT2D eigenvalue weighted by atomic mass is 10.1. The molecule has 0 aromatic heterocycles. The summed E-state index contributed by atoms with van der Waals surface area (Å²) in [4.78, 5) is 25.6. The first-order valence-electron chi connectivity index (χ1n) is 4.90. The highest BCUT2D eigenvalue weighted by Crippen LogP contribution is 2.07. The number of likely N-dealkylation sites (N-methyl/N-ethyl adjacent to an activating group) is 2. The Kier molecular flexibility index (Phi) is 5.40. The number of carbonyl (C=O) groups excluding carboxylic acids is 2. The highest BCUT2D eigenvalue weighted by Gasteiger charge is 2.33. The first kappa shape index (κ1) is 14.9. The Balaban J connectivity index is 4.29. The van der Waals surface area contributed by atoms with Crippen molar-refractivity contribution in [3.63, 3.8) is 0 Å². The van der Waals surface area contributed by atoms with Gasteiger partial charge in [0.25, 0.3) is 0 Å². The van der Waals surface area contributed by atoms with Gasteiger partial charge < -0.3 is 14.7 Å². The monoisotopic (exact) mass is 232 g/mol. The van der Waals surface area contributed by atoms with Crippen LogP contribution in [-0.4, -0.2) is 73.7 Å². The lowest BCUT2D eigenvalue weighted by molar-refractivity contribution is -0.162. The zero-order valence-corrected chi connectivity index (χ0v) is 10.5. The maximum Gasteiger partial charge on any atom is 0.338 e. The summed E-state index contributed by atoms with van der Waals surface area (Å²) in [5, 5.41) is 9.76. The highest BCUT2D eigenvalue weighted by atomic mass is 16.5. The zero-order chi connectivity index (χ0) is 12.9. The Morgan fingerprint density at radius 2 is 1.81 bits per heavy atom. The summed E-state index contributed by atoms with van der Waals surface area (Å²) >= 11 is 0. The molecule has 0 radical (unpaired) electrons. The lowest BCUT2D eigenvalue weighted by Crippen LogP contribution is -2.48. The molecule has 0 spiro atoms. The van der Waals surface area contributed by atoms with Gasteiger partial charge >= 0.3 is 5.97 Å². The number of ether oxygens (including phenoxy) is 1. The summed E-state index contributed by atoms with van der Waals surface area (Å²) < 4.78 is 4.46. The van der Waals surface area contributed by atoms with Gasteiger partial charge in [0.05, 0.1) is 13.7 Å². The number of nitrogens with zero attached hydrogens (tertiary/aromatic N) is 2. The molecule has 0 heterocycles. The van der Waals surface area contributed by atoms with Gasteiger partial charge in [-0.15, -0.1) is 0 Å². The summed E-state index contributed by atoms with van der Waals surface area (Å²) in [6.45, 7) is 1.54. The van der Waals surface area contributed by atoms with Gasteiger partial charge in [-0.3, -0.25) is 9.69 Å². The molecule has 94 valence electrons. The van der Waals surface area contributed by atoms with Crippen LogP contribution in [0, 0.1) is 0 Å². The Bertz CT molecular complexity index is 264. The molecule has 0 rings (SSSR count). The Morgan fingerprint density at radius 3 is 2.19 bits per heavy atom. The van der Waals surface area contributed by atoms with Gasteiger partial charge in [-0.1, -0.05) is 0 Å². The molecule has 0 saturated heterocycles. The molecule has 0 aliphatic heterocycles. The van der Waals surface area contributed by atoms with Gasteiger partial charge in [0.1, 0.15) is 0 Å². The average molecular weight is 232 g/mol. The summed E-state index contributed by atoms with van der Waals surface area (Å²) in [6, 6.07) is 0. The second-order valence-corrected chi connectivity index (χ2v) is 4.23. The van der Waals surface area contributed by atoms with E-state index < -0.39 is 11.6 Å². The molecule has 6 nitrogen and oxygen atoms in total. The third-order valence-corrected chi connectivity index (χ3v) is 2.11. The molecule has 1 amide bonds. The van der Waals surface area contributed by atoms with E-state index >= 15 is 0 Å². The Labute approximate surface area is 95.8 Å². The molecule has 0 aromatic carbocycles. The third-order valence-electron chi connectivity index (χ3n) is 2.11. The van der Waals surface area contributed by atoms with E-state index in [0.717, 1.165) is 0 Å². The molecule has 16 heavy (non-hydrogen) atoms. The van der Waals surface area contributed by atoms with Crippen LogP contribution in [0.3, 0.4) is 0 Å². The predicted molar refractivity (Wildman–Crippen MR) is 58.8 cm³/mol. The molecule has 0 fully saturated rings. The second kappa shape index (κ2) is 5.81. The maximum absolute atomic E-state index is 11.4. The van der Waals surface area contributed by atoms with E-state index in [1.807, 2.05) is 0 Å². The largest absolute Gasteiger partial charge is 0.467 e. The summed E-state index contributed by atoms with van der Waals surface area (Å²) in [7, 11) is 6.16. The van der Waals surface area contributed by atoms with Crippen LogP contribution in [0.15, 0.2) is 0 Å². The fraction of sp³-hybridized carbons (Fsp3) is 0.800. The molecule has 0 aliphatic rings. The van der Waals surface area contributed by atoms with Crippen LogP contribution in [0.2, 0.25) is 0 Å². The number of rotatable bonds is 5. The summed E-state index contributed by atoms with van der Waals surface area (Å²) in [5.41, 5.74) is -1.60. The summed E-state index contributed by atoms with van der Waals surface area (Å²) in [5.74, 6) is -0.806. The Hall–Kier alpha value is -1.14. The van der Waals surface area contributed by atoms with E-state index in [4.69, 9.17) is 0 Å². The number of amides is 1. The molecule has 1 unspecified atom stereocenters. The minimum absolute atomic E-state index is 0.0409. The van der Waals surface area contributed by atoms with E-state index in [2.05, 4.69) is 4.74 Å². The van der Waals surface area contributed by atoms with Crippen molar-refractivity contribution in [1.29, 1.82) is 0 Å². The van der Waals surface area contributed by atoms with Crippen LogP contribution in [0.25, 0.3) is 0 Å². The van der Waals surface area contributed by atoms with E-state index in [1.54, 1.807) is 26.0 Å². The van der Waals surface area contributed by atoms with Crippen LogP contribution >= 0.6 is 0 Å². The molecule has 1 atom stereocenters. The smallest absolute Gasteiger partial charge is 0.338 e. The van der Waals surface area contributed by atoms with E-state index in [9.17, 15) is 14.7 Å². The molecule has 1 N–H and O–H groups in total. The molecule has 0 saturated carbocycles. The van der Waals surface area contributed by atoms with E-state index in [0.29, 0.717) is 0 Å². The van der Waals surface area contributed by atoms with Crippen LogP contribution in [0.1, 0.15) is 6.92 Å². The highest BCUT2D eigenvalue weighted by molar-refractivity contribution is 5.79. The Morgan fingerprint density at radius 1 is 1.31 bits per heavy atom. The molecule has 6 heteroatoms. The zero-order valence-electron chi connectivity index (χ0n) is 10.5. The van der Waals surface area contributed by atoms with Crippen molar-refractivity contribution in [2.75, 3.05) is 41.3 Å². The van der Waals surface area contributed by atoms with Crippen LogP contribution in [0.4, 0.5) is 0 Å². The van der Waals surface area contributed by atoms with Crippen molar-refractivity contribution in [2.24, 2.45) is 0 Å².